The average Bonchev–Trinajstić information content (AvgIpc) is 3.11. The van der Waals surface area contributed by atoms with Gasteiger partial charge in [-0.1, -0.05) is 18.2 Å². The standard InChI is InChI=1S/C18H24N4O2/c23-14-15-5-4-11-21(13-15)18(24)19-10-8-16-9-12-22(20-16)17-6-2-1-3-7-17/h1-3,6-7,9,12,15,23H,4-5,8,10-11,13-14H2,(H,19,24)/t15-/m1/s1. The van der Waals surface area contributed by atoms with E-state index in [0.717, 1.165) is 30.8 Å². The summed E-state index contributed by atoms with van der Waals surface area (Å²) in [6.45, 7) is 2.13. The van der Waals surface area contributed by atoms with Crippen molar-refractivity contribution >= 4 is 6.03 Å². The van der Waals surface area contributed by atoms with E-state index in [1.165, 1.54) is 0 Å². The fourth-order valence-corrected chi connectivity index (χ4v) is 3.03. The molecule has 0 bridgehead atoms. The van der Waals surface area contributed by atoms with Crippen LogP contribution < -0.4 is 5.32 Å². The Kier molecular flexibility index (Phi) is 5.48. The van der Waals surface area contributed by atoms with Crippen LogP contribution in [0, 0.1) is 5.92 Å². The molecule has 1 aromatic heterocycles. The van der Waals surface area contributed by atoms with Gasteiger partial charge in [0.25, 0.3) is 0 Å². The third kappa shape index (κ3) is 4.14. The number of likely N-dealkylation sites (tertiary alicyclic amines) is 1. The van der Waals surface area contributed by atoms with Crippen molar-refractivity contribution in [3.8, 4) is 5.69 Å². The average molecular weight is 328 g/mol. The van der Waals surface area contributed by atoms with Gasteiger partial charge in [-0.25, -0.2) is 9.48 Å². The molecule has 0 spiro atoms. The largest absolute Gasteiger partial charge is 0.396 e. The first-order valence-electron chi connectivity index (χ1n) is 8.50. The molecule has 1 aliphatic heterocycles. The number of rotatable bonds is 5. The molecule has 1 atom stereocenters. The summed E-state index contributed by atoms with van der Waals surface area (Å²) < 4.78 is 1.84. The molecular weight excluding hydrogens is 304 g/mol. The number of aliphatic hydroxyl groups is 1. The van der Waals surface area contributed by atoms with E-state index >= 15 is 0 Å². The van der Waals surface area contributed by atoms with Gasteiger partial charge in [-0.15, -0.1) is 0 Å². The van der Waals surface area contributed by atoms with Crippen LogP contribution in [0.15, 0.2) is 42.6 Å². The maximum Gasteiger partial charge on any atom is 0.317 e. The van der Waals surface area contributed by atoms with Crippen LogP contribution in [0.4, 0.5) is 4.79 Å². The van der Waals surface area contributed by atoms with E-state index in [1.807, 2.05) is 47.3 Å². The van der Waals surface area contributed by atoms with Crippen LogP contribution in [-0.4, -0.2) is 52.1 Å². The maximum absolute atomic E-state index is 12.2. The molecule has 1 aliphatic rings. The Labute approximate surface area is 142 Å². The van der Waals surface area contributed by atoms with Crippen molar-refractivity contribution in [2.45, 2.75) is 19.3 Å². The first-order valence-corrected chi connectivity index (χ1v) is 8.50. The first-order chi connectivity index (χ1) is 11.8. The molecule has 2 N–H and O–H groups in total. The third-order valence-corrected chi connectivity index (χ3v) is 4.39. The first kappa shape index (κ1) is 16.5. The normalized spacial score (nSPS) is 17.7. The highest BCUT2D eigenvalue weighted by molar-refractivity contribution is 5.74. The molecule has 2 aromatic rings. The van der Waals surface area contributed by atoms with Crippen LogP contribution in [0.1, 0.15) is 18.5 Å². The summed E-state index contributed by atoms with van der Waals surface area (Å²) in [4.78, 5) is 14.0. The van der Waals surface area contributed by atoms with Gasteiger partial charge in [-0.2, -0.15) is 5.10 Å². The number of benzene rings is 1. The summed E-state index contributed by atoms with van der Waals surface area (Å²) in [6, 6.07) is 11.9. The number of nitrogens with zero attached hydrogens (tertiary/aromatic N) is 3. The molecule has 1 aromatic carbocycles. The quantitative estimate of drug-likeness (QED) is 0.880. The van der Waals surface area contributed by atoms with E-state index in [1.54, 1.807) is 4.90 Å². The monoisotopic (exact) mass is 328 g/mol. The number of aromatic nitrogens is 2. The van der Waals surface area contributed by atoms with Crippen LogP contribution in [0.5, 0.6) is 0 Å². The second kappa shape index (κ2) is 7.97. The predicted molar refractivity (Wildman–Crippen MR) is 92.0 cm³/mol. The fraction of sp³-hybridized carbons (Fsp3) is 0.444. The van der Waals surface area contributed by atoms with E-state index < -0.39 is 0 Å². The topological polar surface area (TPSA) is 70.4 Å². The van der Waals surface area contributed by atoms with Crippen LogP contribution in [0.2, 0.25) is 0 Å². The van der Waals surface area contributed by atoms with E-state index in [2.05, 4.69) is 10.4 Å². The van der Waals surface area contributed by atoms with Crippen molar-refractivity contribution in [2.75, 3.05) is 26.2 Å². The SMILES string of the molecule is O=C(NCCc1ccn(-c2ccccc2)n1)N1CCC[C@@H](CO)C1. The number of urea groups is 1. The van der Waals surface area contributed by atoms with Crippen molar-refractivity contribution < 1.29 is 9.90 Å². The highest BCUT2D eigenvalue weighted by atomic mass is 16.3. The van der Waals surface area contributed by atoms with Gasteiger partial charge in [0.15, 0.2) is 0 Å². The zero-order chi connectivity index (χ0) is 16.8. The van der Waals surface area contributed by atoms with Gasteiger partial charge < -0.3 is 15.3 Å². The zero-order valence-corrected chi connectivity index (χ0v) is 13.8. The molecule has 0 radical (unpaired) electrons. The number of hydrogen-bond acceptors (Lipinski definition) is 3. The van der Waals surface area contributed by atoms with E-state index in [0.29, 0.717) is 19.5 Å². The molecule has 2 heterocycles. The highest BCUT2D eigenvalue weighted by Gasteiger charge is 2.22. The van der Waals surface area contributed by atoms with E-state index in [9.17, 15) is 9.90 Å². The summed E-state index contributed by atoms with van der Waals surface area (Å²) in [5.41, 5.74) is 1.97. The van der Waals surface area contributed by atoms with E-state index in [-0.39, 0.29) is 18.6 Å². The Balaban J connectivity index is 1.46. The van der Waals surface area contributed by atoms with Crippen molar-refractivity contribution in [1.29, 1.82) is 0 Å². The summed E-state index contributed by atoms with van der Waals surface area (Å²) in [5.74, 6) is 0.214. The van der Waals surface area contributed by atoms with Gasteiger partial charge in [0.05, 0.1) is 11.4 Å². The van der Waals surface area contributed by atoms with Gasteiger partial charge in [0.1, 0.15) is 0 Å². The molecule has 0 aliphatic carbocycles. The number of aliphatic hydroxyl groups excluding tert-OH is 1. The second-order valence-corrected chi connectivity index (χ2v) is 6.21. The number of nitrogens with one attached hydrogen (secondary N) is 1. The van der Waals surface area contributed by atoms with Crippen molar-refractivity contribution in [1.82, 2.24) is 20.0 Å². The predicted octanol–water partition coefficient (Wildman–Crippen LogP) is 1.83. The lowest BCUT2D eigenvalue weighted by molar-refractivity contribution is 0.129. The number of para-hydroxylation sites is 1. The van der Waals surface area contributed by atoms with Crippen LogP contribution in [0.25, 0.3) is 5.69 Å². The van der Waals surface area contributed by atoms with Crippen molar-refractivity contribution in [3.05, 3.63) is 48.3 Å². The van der Waals surface area contributed by atoms with Gasteiger partial charge in [-0.3, -0.25) is 0 Å². The lowest BCUT2D eigenvalue weighted by Gasteiger charge is -2.31. The molecule has 0 saturated carbocycles. The molecule has 6 heteroatoms. The van der Waals surface area contributed by atoms with Crippen molar-refractivity contribution in [2.24, 2.45) is 5.92 Å². The summed E-state index contributed by atoms with van der Waals surface area (Å²) >= 11 is 0. The van der Waals surface area contributed by atoms with Crippen LogP contribution in [-0.2, 0) is 6.42 Å². The Morgan fingerprint density at radius 1 is 1.29 bits per heavy atom. The Morgan fingerprint density at radius 3 is 2.92 bits per heavy atom. The number of carbonyl (C=O) groups excluding carboxylic acids is 1. The van der Waals surface area contributed by atoms with Gasteiger partial charge in [-0.05, 0) is 37.0 Å². The zero-order valence-electron chi connectivity index (χ0n) is 13.8. The van der Waals surface area contributed by atoms with Crippen LogP contribution >= 0.6 is 0 Å². The smallest absolute Gasteiger partial charge is 0.317 e. The molecule has 2 amide bonds. The number of amides is 2. The van der Waals surface area contributed by atoms with Crippen LogP contribution in [0.3, 0.4) is 0 Å². The minimum absolute atomic E-state index is 0.0457. The molecular formula is C18H24N4O2. The molecule has 1 saturated heterocycles. The van der Waals surface area contributed by atoms with E-state index in [4.69, 9.17) is 0 Å². The van der Waals surface area contributed by atoms with Crippen molar-refractivity contribution in [3.63, 3.8) is 0 Å². The molecule has 3 rings (SSSR count). The van der Waals surface area contributed by atoms with Gasteiger partial charge in [0.2, 0.25) is 0 Å². The second-order valence-electron chi connectivity index (χ2n) is 6.21. The summed E-state index contributed by atoms with van der Waals surface area (Å²) in [6.07, 6.45) is 4.59. The summed E-state index contributed by atoms with van der Waals surface area (Å²) in [5, 5.41) is 16.7. The fourth-order valence-electron chi connectivity index (χ4n) is 3.03. The Morgan fingerprint density at radius 2 is 2.12 bits per heavy atom. The molecule has 6 nitrogen and oxygen atoms in total. The molecule has 24 heavy (non-hydrogen) atoms. The Bertz CT molecular complexity index is 656. The molecule has 1 fully saturated rings. The summed E-state index contributed by atoms with van der Waals surface area (Å²) in [7, 11) is 0. The third-order valence-electron chi connectivity index (χ3n) is 4.39. The number of carbonyl (C=O) groups is 1. The number of hydrogen-bond donors (Lipinski definition) is 2. The Hall–Kier alpha value is -2.34. The highest BCUT2D eigenvalue weighted by Crippen LogP contribution is 2.15. The molecule has 0 unspecified atom stereocenters. The number of piperidine rings is 1. The minimum Gasteiger partial charge on any atom is -0.396 e. The lowest BCUT2D eigenvalue weighted by atomic mass is 9.99. The maximum atomic E-state index is 12.2. The minimum atomic E-state index is -0.0457. The van der Waals surface area contributed by atoms with Gasteiger partial charge in [0, 0.05) is 38.9 Å². The lowest BCUT2D eigenvalue weighted by Crippen LogP contribution is -2.46. The molecule has 128 valence electrons. The van der Waals surface area contributed by atoms with Gasteiger partial charge >= 0.3 is 6.03 Å².